The maximum absolute atomic E-state index is 6.59. The summed E-state index contributed by atoms with van der Waals surface area (Å²) in [4.78, 5) is 4.87. The number of benzene rings is 2. The molecule has 1 heterocycles. The van der Waals surface area contributed by atoms with E-state index in [1.54, 1.807) is 12.1 Å². The Hall–Kier alpha value is -2.09. The van der Waals surface area contributed by atoms with E-state index >= 15 is 0 Å². The van der Waals surface area contributed by atoms with E-state index < -0.39 is 6.17 Å². The van der Waals surface area contributed by atoms with E-state index in [0.29, 0.717) is 34.0 Å². The molecule has 2 aromatic rings. The maximum atomic E-state index is 6.59. The predicted molar refractivity (Wildman–Crippen MR) is 126 cm³/mol. The van der Waals surface area contributed by atoms with Crippen LogP contribution < -0.4 is 16.8 Å². The summed E-state index contributed by atoms with van der Waals surface area (Å²) in [6.07, 6.45) is 0.348. The second-order valence-corrected chi connectivity index (χ2v) is 9.20. The summed E-state index contributed by atoms with van der Waals surface area (Å²) in [5.74, 6) is 1.14. The minimum absolute atomic E-state index is 0.00770. The normalized spacial score (nSPS) is 24.7. The van der Waals surface area contributed by atoms with Crippen molar-refractivity contribution >= 4 is 28.9 Å². The van der Waals surface area contributed by atoms with E-state index in [1.165, 1.54) is 11.1 Å². The van der Waals surface area contributed by atoms with Crippen molar-refractivity contribution < 1.29 is 9.22 Å². The number of ether oxygens (including phenoxy) is 1. The van der Waals surface area contributed by atoms with Crippen molar-refractivity contribution in [3.8, 4) is 0 Å². The molecule has 0 aromatic heterocycles. The molecule has 164 valence electrons. The molecule has 0 fully saturated rings. The summed E-state index contributed by atoms with van der Waals surface area (Å²) >= 11 is 12.6. The van der Waals surface area contributed by atoms with Gasteiger partial charge < -0.3 is 15.8 Å². The lowest BCUT2D eigenvalue weighted by Crippen LogP contribution is -2.62. The molecule has 0 saturated heterocycles. The summed E-state index contributed by atoms with van der Waals surface area (Å²) < 4.78 is 6.30. The fraction of sp³-hybridized carbons (Fsp3) is 0.348. The first-order valence-electron chi connectivity index (χ1n) is 10.3. The number of nitrogens with zero attached hydrogens (tertiary/aromatic N) is 2. The van der Waals surface area contributed by atoms with E-state index in [1.807, 2.05) is 33.2 Å². The van der Waals surface area contributed by atoms with Crippen LogP contribution in [0.25, 0.3) is 0 Å². The number of quaternary nitrogens is 1. The molecule has 1 unspecified atom stereocenters. The second-order valence-electron chi connectivity index (χ2n) is 8.36. The lowest BCUT2D eigenvalue weighted by molar-refractivity contribution is -0.869. The molecule has 0 amide bonds. The van der Waals surface area contributed by atoms with Crippen LogP contribution >= 0.6 is 23.2 Å². The van der Waals surface area contributed by atoms with Gasteiger partial charge in [-0.05, 0) is 36.2 Å². The molecule has 0 radical (unpaired) electrons. The zero-order chi connectivity index (χ0) is 22.3. The zero-order valence-electron chi connectivity index (χ0n) is 17.9. The quantitative estimate of drug-likeness (QED) is 0.595. The van der Waals surface area contributed by atoms with E-state index in [9.17, 15) is 0 Å². The van der Waals surface area contributed by atoms with E-state index in [0.717, 1.165) is 12.0 Å². The molecule has 1 aliphatic carbocycles. The highest BCUT2D eigenvalue weighted by Gasteiger charge is 2.42. The first-order chi connectivity index (χ1) is 14.7. The molecule has 31 heavy (non-hydrogen) atoms. The van der Waals surface area contributed by atoms with Crippen LogP contribution in [0.3, 0.4) is 0 Å². The van der Waals surface area contributed by atoms with Crippen LogP contribution in [-0.4, -0.2) is 43.2 Å². The van der Waals surface area contributed by atoms with Gasteiger partial charge >= 0.3 is 0 Å². The van der Waals surface area contributed by atoms with Crippen molar-refractivity contribution in [1.82, 2.24) is 5.32 Å². The maximum Gasteiger partial charge on any atom is 0.243 e. The largest absolute Gasteiger partial charge is 0.376 e. The van der Waals surface area contributed by atoms with Crippen LogP contribution in [0.1, 0.15) is 29.7 Å². The Morgan fingerprint density at radius 1 is 1.19 bits per heavy atom. The summed E-state index contributed by atoms with van der Waals surface area (Å²) in [5, 5.41) is 4.63. The lowest BCUT2D eigenvalue weighted by Gasteiger charge is -2.39. The molecule has 2 aromatic carbocycles. The van der Waals surface area contributed by atoms with Gasteiger partial charge in [-0.3, -0.25) is 10.2 Å². The number of fused-ring (bicyclic) bond motifs is 1. The number of hydrogen-bond acceptors (Lipinski definition) is 5. The SMILES string of the molecule is CCO[C@H]1Cc2ccccc2[C@H]1NC1=C(N)[N+](C)(C)C(N)C(c2ccc(Cl)cc2Cl)=N1. The van der Waals surface area contributed by atoms with Crippen LogP contribution in [0.5, 0.6) is 0 Å². The fourth-order valence-corrected chi connectivity index (χ4v) is 4.75. The minimum atomic E-state index is -0.484. The van der Waals surface area contributed by atoms with E-state index in [4.69, 9.17) is 44.4 Å². The molecule has 8 heteroatoms. The van der Waals surface area contributed by atoms with Crippen LogP contribution in [-0.2, 0) is 11.2 Å². The number of aliphatic imine (C=N–C) groups is 1. The highest BCUT2D eigenvalue weighted by Crippen LogP contribution is 2.36. The summed E-state index contributed by atoms with van der Waals surface area (Å²) in [7, 11) is 3.92. The van der Waals surface area contributed by atoms with Gasteiger partial charge in [0.15, 0.2) is 6.17 Å². The number of hydrogen-bond donors (Lipinski definition) is 3. The molecule has 0 bridgehead atoms. The first kappa shape index (κ1) is 22.1. The Bertz CT molecular complexity index is 1070. The third-order valence-corrected chi connectivity index (χ3v) is 6.68. The number of likely N-dealkylation sites (N-methyl/N-ethyl adjacent to an activating group) is 1. The zero-order valence-corrected chi connectivity index (χ0v) is 19.4. The molecular formula is C23H28Cl2N5O+. The van der Waals surface area contributed by atoms with Crippen molar-refractivity contribution in [1.29, 1.82) is 0 Å². The standard InChI is InChI=1S/C23H28Cl2N5O/c1-4-31-18-11-13-7-5-6-8-15(13)19(18)28-23-22(27)30(2,3)21(26)20(29-23)16-10-9-14(24)12-17(16)25/h5-10,12,18-19,21,28H,4,11,26-27H2,1-3H3/q+1/t18-,19+,21?/m0/s1. The highest BCUT2D eigenvalue weighted by molar-refractivity contribution is 6.37. The number of nitrogens with one attached hydrogen (secondary N) is 1. The number of nitrogens with two attached hydrogens (primary N) is 2. The minimum Gasteiger partial charge on any atom is -0.376 e. The Morgan fingerprint density at radius 2 is 1.94 bits per heavy atom. The van der Waals surface area contributed by atoms with Crippen LogP contribution in [0.4, 0.5) is 0 Å². The van der Waals surface area contributed by atoms with Gasteiger partial charge in [-0.25, -0.2) is 4.99 Å². The fourth-order valence-electron chi connectivity index (χ4n) is 4.24. The van der Waals surface area contributed by atoms with Gasteiger partial charge in [0.05, 0.1) is 31.3 Å². The predicted octanol–water partition coefficient (Wildman–Crippen LogP) is 3.53. The van der Waals surface area contributed by atoms with Gasteiger partial charge in [-0.2, -0.15) is 0 Å². The molecule has 1 aliphatic heterocycles. The lowest BCUT2D eigenvalue weighted by atomic mass is 10.0. The topological polar surface area (TPSA) is 85.7 Å². The van der Waals surface area contributed by atoms with E-state index in [2.05, 4.69) is 23.5 Å². The van der Waals surface area contributed by atoms with Crippen molar-refractivity contribution in [2.24, 2.45) is 16.5 Å². The number of halogens is 2. The third kappa shape index (κ3) is 3.95. The van der Waals surface area contributed by atoms with Gasteiger partial charge in [-0.15, -0.1) is 0 Å². The van der Waals surface area contributed by atoms with Crippen molar-refractivity contribution in [2.75, 3.05) is 20.7 Å². The van der Waals surface area contributed by atoms with Crippen LogP contribution in [0, 0.1) is 0 Å². The average molecular weight is 461 g/mol. The van der Waals surface area contributed by atoms with Crippen LogP contribution in [0.15, 0.2) is 59.1 Å². The highest BCUT2D eigenvalue weighted by atomic mass is 35.5. The van der Waals surface area contributed by atoms with Gasteiger partial charge in [0, 0.05) is 23.6 Å². The summed E-state index contributed by atoms with van der Waals surface area (Å²) in [6, 6.07) is 13.6. The van der Waals surface area contributed by atoms with Gasteiger partial charge in [-0.1, -0.05) is 47.5 Å². The second kappa shape index (κ2) is 8.45. The molecule has 2 aliphatic rings. The molecule has 0 saturated carbocycles. The van der Waals surface area contributed by atoms with Gasteiger partial charge in [0.1, 0.15) is 5.71 Å². The number of rotatable bonds is 5. The van der Waals surface area contributed by atoms with Crippen molar-refractivity contribution in [3.63, 3.8) is 0 Å². The summed E-state index contributed by atoms with van der Waals surface area (Å²) in [5.41, 5.74) is 17.0. The molecule has 5 N–H and O–H groups in total. The van der Waals surface area contributed by atoms with Gasteiger partial charge in [0.25, 0.3) is 0 Å². The molecule has 4 rings (SSSR count). The Labute approximate surface area is 193 Å². The smallest absolute Gasteiger partial charge is 0.243 e. The van der Waals surface area contributed by atoms with Crippen molar-refractivity contribution in [3.05, 3.63) is 80.8 Å². The van der Waals surface area contributed by atoms with Crippen molar-refractivity contribution in [2.45, 2.75) is 31.7 Å². The third-order valence-electron chi connectivity index (χ3n) is 6.13. The van der Waals surface area contributed by atoms with Gasteiger partial charge in [0.2, 0.25) is 11.6 Å². The van der Waals surface area contributed by atoms with E-state index in [-0.39, 0.29) is 16.6 Å². The average Bonchev–Trinajstić information content (AvgIpc) is 3.07. The Kier molecular flexibility index (Phi) is 6.03. The Morgan fingerprint density at radius 3 is 2.65 bits per heavy atom. The van der Waals surface area contributed by atoms with Crippen LogP contribution in [0.2, 0.25) is 10.0 Å². The molecular weight excluding hydrogens is 433 g/mol. The summed E-state index contributed by atoms with van der Waals surface area (Å²) in [6.45, 7) is 2.64. The molecule has 6 nitrogen and oxygen atoms in total. The Balaban J connectivity index is 1.77. The first-order valence-corrected chi connectivity index (χ1v) is 11.1. The molecule has 0 spiro atoms. The molecule has 3 atom stereocenters. The monoisotopic (exact) mass is 460 g/mol.